The molecule has 0 radical (unpaired) electrons. The Balaban J connectivity index is 1.71. The van der Waals surface area contributed by atoms with Crippen molar-refractivity contribution < 1.29 is 9.63 Å². The highest BCUT2D eigenvalue weighted by atomic mass is 127. The average molecular weight is 517 g/mol. The summed E-state index contributed by atoms with van der Waals surface area (Å²) in [6.07, 6.45) is 7.20. The molecule has 0 fully saturated rings. The summed E-state index contributed by atoms with van der Waals surface area (Å²) < 4.78 is 5.89. The molecule has 29 heavy (non-hydrogen) atoms. The second kappa shape index (κ2) is 8.88. The molecule has 0 saturated carbocycles. The molecule has 3 aromatic heterocycles. The van der Waals surface area contributed by atoms with E-state index >= 15 is 0 Å². The zero-order valence-corrected chi connectivity index (χ0v) is 19.0. The topological polar surface area (TPSA) is 71.4 Å². The Hall–Kier alpha value is -2.51. The number of aromatic hydroxyl groups is 1. The van der Waals surface area contributed by atoms with Crippen molar-refractivity contribution in [3.8, 4) is 28.4 Å². The maximum atomic E-state index is 10.1. The Morgan fingerprint density at radius 2 is 1.72 bits per heavy atom. The van der Waals surface area contributed by atoms with Crippen molar-refractivity contribution in [1.82, 2.24) is 19.9 Å². The molecule has 3 aromatic rings. The number of pyridine rings is 3. The lowest BCUT2D eigenvalue weighted by atomic mass is 10.1. The molecule has 1 unspecified atom stereocenters. The monoisotopic (exact) mass is 517 g/mol. The molecule has 1 aliphatic heterocycles. The first-order valence-electron chi connectivity index (χ1n) is 8.95. The predicted molar refractivity (Wildman–Crippen MR) is 126 cm³/mol. The Morgan fingerprint density at radius 1 is 1.03 bits per heavy atom. The van der Waals surface area contributed by atoms with Gasteiger partial charge < -0.3 is 14.5 Å². The highest BCUT2D eigenvalue weighted by molar-refractivity contribution is 14.2. The minimum Gasteiger partial charge on any atom is -0.506 e. The fourth-order valence-electron chi connectivity index (χ4n) is 3.09. The van der Waals surface area contributed by atoms with E-state index in [9.17, 15) is 5.11 Å². The van der Waals surface area contributed by atoms with Gasteiger partial charge in [-0.3, -0.25) is 4.98 Å². The zero-order valence-electron chi connectivity index (χ0n) is 15.7. The van der Waals surface area contributed by atoms with E-state index in [4.69, 9.17) is 14.5 Å². The van der Waals surface area contributed by atoms with Crippen molar-refractivity contribution >= 4 is 34.1 Å². The molecule has 4 rings (SSSR count). The first-order valence-corrected chi connectivity index (χ1v) is 13.6. The SMILES string of the molecule is CN1C=C(O[PH2+]I)C(c2cccc(-c3cccc(-c4ccncc4O)n3)n2)=CC1. The lowest BCUT2D eigenvalue weighted by Gasteiger charge is -2.20. The number of rotatable bonds is 5. The molecule has 0 aromatic carbocycles. The van der Waals surface area contributed by atoms with E-state index in [0.29, 0.717) is 11.3 Å². The van der Waals surface area contributed by atoms with E-state index in [1.54, 1.807) is 12.3 Å². The van der Waals surface area contributed by atoms with Gasteiger partial charge in [-0.1, -0.05) is 18.2 Å². The highest BCUT2D eigenvalue weighted by Gasteiger charge is 2.19. The summed E-state index contributed by atoms with van der Waals surface area (Å²) in [5, 5.41) is 10.1. The molecule has 1 aliphatic rings. The van der Waals surface area contributed by atoms with Gasteiger partial charge in [0.15, 0.2) is 27.8 Å². The van der Waals surface area contributed by atoms with Crippen LogP contribution in [-0.4, -0.2) is 38.6 Å². The van der Waals surface area contributed by atoms with Gasteiger partial charge in [-0.15, -0.1) is 0 Å². The Bertz CT molecular complexity index is 1100. The summed E-state index contributed by atoms with van der Waals surface area (Å²) >= 11 is 2.27. The van der Waals surface area contributed by atoms with Crippen LogP contribution in [0.3, 0.4) is 0 Å². The molecule has 0 spiro atoms. The molecule has 0 saturated heterocycles. The molecule has 1 atom stereocenters. The number of hydrogen-bond donors (Lipinski definition) is 1. The Kier molecular flexibility index (Phi) is 6.06. The average Bonchev–Trinajstić information content (AvgIpc) is 2.75. The number of likely N-dealkylation sites (N-methyl/N-ethyl adjacent to an activating group) is 1. The van der Waals surface area contributed by atoms with Crippen LogP contribution in [0, 0.1) is 0 Å². The zero-order chi connectivity index (χ0) is 20.2. The van der Waals surface area contributed by atoms with Crippen molar-refractivity contribution in [1.29, 1.82) is 0 Å². The summed E-state index contributed by atoms with van der Waals surface area (Å²) in [4.78, 5) is 15.6. The number of aromatic nitrogens is 3. The molecule has 0 aliphatic carbocycles. The van der Waals surface area contributed by atoms with Gasteiger partial charge in [-0.05, 0) is 30.3 Å². The quantitative estimate of drug-likeness (QED) is 0.389. The minimum absolute atomic E-state index is 0.101. The van der Waals surface area contributed by atoms with E-state index < -0.39 is 0 Å². The first-order chi connectivity index (χ1) is 14.2. The maximum Gasteiger partial charge on any atom is 0.226 e. The van der Waals surface area contributed by atoms with Gasteiger partial charge in [0.1, 0.15) is 5.75 Å². The lowest BCUT2D eigenvalue weighted by Crippen LogP contribution is -2.17. The summed E-state index contributed by atoms with van der Waals surface area (Å²) in [6.45, 7) is 0.656. The fourth-order valence-corrected chi connectivity index (χ4v) is 4.19. The second-order valence-electron chi connectivity index (χ2n) is 6.47. The number of allylic oxidation sites excluding steroid dienone is 1. The van der Waals surface area contributed by atoms with Crippen molar-refractivity contribution in [3.63, 3.8) is 0 Å². The van der Waals surface area contributed by atoms with E-state index in [-0.39, 0.29) is 12.2 Å². The third-order valence-electron chi connectivity index (χ3n) is 4.47. The van der Waals surface area contributed by atoms with Crippen LogP contribution in [0.2, 0.25) is 0 Å². The summed E-state index contributed by atoms with van der Waals surface area (Å²) in [5.41, 5.74) is 4.66. The molecule has 8 heteroatoms. The Labute approximate surface area is 183 Å². The van der Waals surface area contributed by atoms with Crippen molar-refractivity contribution in [2.24, 2.45) is 0 Å². The lowest BCUT2D eigenvalue weighted by molar-refractivity contribution is 0.443. The van der Waals surface area contributed by atoms with Gasteiger partial charge in [-0.2, -0.15) is 0 Å². The second-order valence-corrected chi connectivity index (χ2v) is 8.41. The van der Waals surface area contributed by atoms with Gasteiger partial charge in [0.25, 0.3) is 0 Å². The molecule has 4 heterocycles. The van der Waals surface area contributed by atoms with E-state index in [1.807, 2.05) is 49.6 Å². The van der Waals surface area contributed by atoms with E-state index in [1.165, 1.54) is 6.20 Å². The van der Waals surface area contributed by atoms with Crippen molar-refractivity contribution in [3.05, 3.63) is 78.6 Å². The third kappa shape index (κ3) is 4.41. The summed E-state index contributed by atoms with van der Waals surface area (Å²) in [6, 6.07) is 13.3. The van der Waals surface area contributed by atoms with Crippen LogP contribution in [0.15, 0.2) is 72.9 Å². The highest BCUT2D eigenvalue weighted by Crippen LogP contribution is 2.35. The molecular weight excluding hydrogens is 498 g/mol. The van der Waals surface area contributed by atoms with Gasteiger partial charge in [0, 0.05) is 37.1 Å². The number of hydrogen-bond acceptors (Lipinski definition) is 6. The summed E-state index contributed by atoms with van der Waals surface area (Å²) in [5.74, 6) is 0.944. The predicted octanol–water partition coefficient (Wildman–Crippen LogP) is 4.77. The van der Waals surface area contributed by atoms with Crippen molar-refractivity contribution in [2.75, 3.05) is 13.6 Å². The minimum atomic E-state index is -0.149. The first kappa shape index (κ1) is 19.8. The molecular formula is C21H19IN4O2P+. The van der Waals surface area contributed by atoms with Crippen LogP contribution in [0.1, 0.15) is 5.69 Å². The molecule has 6 nitrogen and oxygen atoms in total. The number of halogens is 1. The normalized spacial score (nSPS) is 14.1. The molecule has 0 bridgehead atoms. The number of nitrogens with zero attached hydrogens (tertiary/aromatic N) is 4. The van der Waals surface area contributed by atoms with E-state index in [2.05, 4.69) is 38.0 Å². The Morgan fingerprint density at radius 3 is 2.45 bits per heavy atom. The fraction of sp³-hybridized carbons (Fsp3) is 0.0952. The summed E-state index contributed by atoms with van der Waals surface area (Å²) in [7, 11) is 2.02. The van der Waals surface area contributed by atoms with Crippen LogP contribution in [-0.2, 0) is 4.52 Å². The largest absolute Gasteiger partial charge is 0.506 e. The molecule has 0 amide bonds. The molecule has 1 N–H and O–H groups in total. The van der Waals surface area contributed by atoms with Crippen LogP contribution in [0.25, 0.3) is 28.2 Å². The van der Waals surface area contributed by atoms with Gasteiger partial charge in [0.2, 0.25) is 6.45 Å². The smallest absolute Gasteiger partial charge is 0.226 e. The van der Waals surface area contributed by atoms with Gasteiger partial charge in [-0.25, -0.2) is 9.97 Å². The van der Waals surface area contributed by atoms with Crippen LogP contribution < -0.4 is 0 Å². The van der Waals surface area contributed by atoms with Crippen LogP contribution in [0.4, 0.5) is 0 Å². The van der Waals surface area contributed by atoms with Crippen molar-refractivity contribution in [2.45, 2.75) is 0 Å². The molecule has 146 valence electrons. The maximum absolute atomic E-state index is 10.1. The van der Waals surface area contributed by atoms with Gasteiger partial charge >= 0.3 is 0 Å². The standard InChI is InChI=1S/C21H18IN4O2P/c1-26-11-9-15(21(13-26)28-29-22)17-5-3-7-19(25-17)18-6-2-4-16(24-18)14-8-10-23-12-20(14)27/h2-10,12-13,27,29H,11H2,1H3/p+1. The van der Waals surface area contributed by atoms with Crippen LogP contribution >= 0.6 is 28.5 Å². The van der Waals surface area contributed by atoms with Gasteiger partial charge in [0.05, 0.1) is 29.0 Å². The third-order valence-corrected chi connectivity index (χ3v) is 5.58. The van der Waals surface area contributed by atoms with Crippen LogP contribution in [0.5, 0.6) is 5.75 Å². The van der Waals surface area contributed by atoms with E-state index in [0.717, 1.165) is 35.0 Å².